The lowest BCUT2D eigenvalue weighted by atomic mass is 9.92. The van der Waals surface area contributed by atoms with Gasteiger partial charge in [0, 0.05) is 33.9 Å². The number of hydrogen-bond acceptors (Lipinski definition) is 2. The van der Waals surface area contributed by atoms with Crippen LogP contribution in [0.5, 0.6) is 11.5 Å². The minimum Gasteiger partial charge on any atom is -0.455 e. The maximum Gasteiger partial charge on any atom is 0.143 e. The lowest BCUT2D eigenvalue weighted by molar-refractivity contribution is 0.499. The summed E-state index contributed by atoms with van der Waals surface area (Å²) in [4.78, 5) is 4.48. The first kappa shape index (κ1) is 18.4. The van der Waals surface area contributed by atoms with Gasteiger partial charge in [-0.2, -0.15) is 0 Å². The van der Waals surface area contributed by atoms with Crippen LogP contribution < -0.4 is 4.74 Å². The third-order valence-corrected chi connectivity index (χ3v) is 6.89. The van der Waals surface area contributed by atoms with Gasteiger partial charge in [0.1, 0.15) is 11.5 Å². The number of aromatic nitrogens is 1. The Morgan fingerprint density at radius 3 is 2.18 bits per heavy atom. The summed E-state index contributed by atoms with van der Waals surface area (Å²) in [5.74, 6) is 1.80. The average Bonchev–Trinajstić information content (AvgIpc) is 3.30. The van der Waals surface area contributed by atoms with Gasteiger partial charge in [0.05, 0.1) is 0 Å². The van der Waals surface area contributed by atoms with Crippen LogP contribution in [0.15, 0.2) is 103 Å². The molecule has 1 aromatic heterocycles. The summed E-state index contributed by atoms with van der Waals surface area (Å²) < 4.78 is 6.82. The lowest BCUT2D eigenvalue weighted by Gasteiger charge is -2.18. The van der Waals surface area contributed by atoms with Gasteiger partial charge in [0.2, 0.25) is 0 Å². The Morgan fingerprint density at radius 2 is 1.30 bits per heavy atom. The van der Waals surface area contributed by atoms with Crippen LogP contribution in [0.2, 0.25) is 0 Å². The molecule has 6 aromatic rings. The monoisotopic (exact) mass is 423 g/mol. The van der Waals surface area contributed by atoms with Crippen molar-refractivity contribution in [1.82, 2.24) is 4.98 Å². The zero-order valence-corrected chi connectivity index (χ0v) is 18.1. The minimum atomic E-state index is 0.890. The van der Waals surface area contributed by atoms with E-state index in [1.54, 1.807) is 0 Å². The molecule has 0 atom stereocenters. The normalized spacial score (nSPS) is 12.6. The topological polar surface area (TPSA) is 22.1 Å². The second-order valence-corrected chi connectivity index (χ2v) is 8.70. The van der Waals surface area contributed by atoms with Gasteiger partial charge in [-0.25, -0.2) is 0 Å². The Labute approximate surface area is 192 Å². The van der Waals surface area contributed by atoms with Crippen LogP contribution in [0.1, 0.15) is 11.1 Å². The number of ether oxygens (including phenoxy) is 1. The molecular formula is C31H21NO. The van der Waals surface area contributed by atoms with E-state index in [-0.39, 0.29) is 0 Å². The molecule has 0 amide bonds. The van der Waals surface area contributed by atoms with Gasteiger partial charge < -0.3 is 4.74 Å². The highest BCUT2D eigenvalue weighted by Crippen LogP contribution is 2.46. The fourth-order valence-corrected chi connectivity index (χ4v) is 5.43. The van der Waals surface area contributed by atoms with Crippen molar-refractivity contribution in [2.45, 2.75) is 12.8 Å². The molecule has 0 fully saturated rings. The van der Waals surface area contributed by atoms with Crippen LogP contribution in [0, 0.1) is 0 Å². The smallest absolute Gasteiger partial charge is 0.143 e. The highest BCUT2D eigenvalue weighted by atomic mass is 16.5. The third kappa shape index (κ3) is 2.77. The van der Waals surface area contributed by atoms with Crippen molar-refractivity contribution < 1.29 is 4.74 Å². The molecule has 0 bridgehead atoms. The first-order valence-electron chi connectivity index (χ1n) is 11.4. The first-order chi connectivity index (χ1) is 16.4. The molecule has 7 rings (SSSR count). The summed E-state index contributed by atoms with van der Waals surface area (Å²) in [6.45, 7) is 0. The second kappa shape index (κ2) is 7.18. The van der Waals surface area contributed by atoms with Gasteiger partial charge in [0.25, 0.3) is 0 Å². The second-order valence-electron chi connectivity index (χ2n) is 8.70. The van der Waals surface area contributed by atoms with Crippen molar-refractivity contribution in [3.63, 3.8) is 0 Å². The molecule has 0 saturated heterocycles. The van der Waals surface area contributed by atoms with E-state index in [0.29, 0.717) is 0 Å². The van der Waals surface area contributed by atoms with Gasteiger partial charge in [-0.15, -0.1) is 0 Å². The van der Waals surface area contributed by atoms with Gasteiger partial charge in [-0.3, -0.25) is 4.98 Å². The van der Waals surface area contributed by atoms with E-state index in [4.69, 9.17) is 4.74 Å². The minimum absolute atomic E-state index is 0.890. The van der Waals surface area contributed by atoms with E-state index >= 15 is 0 Å². The maximum absolute atomic E-state index is 6.82. The van der Waals surface area contributed by atoms with Gasteiger partial charge in [0.15, 0.2) is 0 Å². The zero-order chi connectivity index (χ0) is 21.8. The summed E-state index contributed by atoms with van der Waals surface area (Å²) in [6, 6.07) is 32.1. The molecule has 0 aliphatic heterocycles. The summed E-state index contributed by atoms with van der Waals surface area (Å²) in [5.41, 5.74) is 5.23. The quantitative estimate of drug-likeness (QED) is 0.268. The molecule has 1 aliphatic carbocycles. The fraction of sp³-hybridized carbons (Fsp3) is 0.0645. The van der Waals surface area contributed by atoms with Gasteiger partial charge in [-0.1, -0.05) is 78.9 Å². The van der Waals surface area contributed by atoms with Crippen LogP contribution in [0.4, 0.5) is 0 Å². The van der Waals surface area contributed by atoms with Crippen LogP contribution >= 0.6 is 0 Å². The number of fused-ring (bicyclic) bond motifs is 2. The van der Waals surface area contributed by atoms with E-state index in [2.05, 4.69) is 96.0 Å². The molecule has 5 aromatic carbocycles. The molecule has 33 heavy (non-hydrogen) atoms. The molecule has 0 unspecified atom stereocenters. The Balaban J connectivity index is 1.54. The maximum atomic E-state index is 6.82. The fourth-order valence-electron chi connectivity index (χ4n) is 5.43. The average molecular weight is 424 g/mol. The Bertz CT molecular complexity index is 1620. The Kier molecular flexibility index (Phi) is 4.00. The van der Waals surface area contributed by atoms with Crippen molar-refractivity contribution in [1.29, 1.82) is 0 Å². The summed E-state index contributed by atoms with van der Waals surface area (Å²) in [6.07, 6.45) is 6.04. The first-order valence-corrected chi connectivity index (χ1v) is 11.4. The zero-order valence-electron chi connectivity index (χ0n) is 18.1. The van der Waals surface area contributed by atoms with Crippen molar-refractivity contribution in [3.8, 4) is 22.6 Å². The van der Waals surface area contributed by atoms with Gasteiger partial charge >= 0.3 is 0 Å². The molecule has 0 N–H and O–H groups in total. The molecule has 2 heteroatoms. The standard InChI is InChI=1S/C31H21NO/c1-2-7-20(8-3-1)30-23-10-4-5-11-24(23)31(25-17-18-32-19-27(25)30)33-28-16-15-22-14-13-21-9-6-12-26(28)29(21)22/h1-12,15-19H,13-14H2. The van der Waals surface area contributed by atoms with Gasteiger partial charge in [-0.05, 0) is 58.0 Å². The molecule has 0 saturated carbocycles. The van der Waals surface area contributed by atoms with Crippen LogP contribution in [0.25, 0.3) is 43.4 Å². The molecule has 1 heterocycles. The summed E-state index contributed by atoms with van der Waals surface area (Å²) >= 11 is 0. The number of rotatable bonds is 3. The molecule has 0 spiro atoms. The van der Waals surface area contributed by atoms with E-state index in [9.17, 15) is 0 Å². The van der Waals surface area contributed by atoms with E-state index < -0.39 is 0 Å². The Hall–Kier alpha value is -4.17. The highest BCUT2D eigenvalue weighted by Gasteiger charge is 2.20. The molecule has 156 valence electrons. The Morgan fingerprint density at radius 1 is 0.576 bits per heavy atom. The van der Waals surface area contributed by atoms with E-state index in [0.717, 1.165) is 40.5 Å². The summed E-state index contributed by atoms with van der Waals surface area (Å²) in [5, 5.41) is 7.02. The highest BCUT2D eigenvalue weighted by molar-refractivity contribution is 6.17. The molecule has 1 aliphatic rings. The van der Waals surface area contributed by atoms with Crippen LogP contribution in [0.3, 0.4) is 0 Å². The van der Waals surface area contributed by atoms with Crippen molar-refractivity contribution >= 4 is 32.3 Å². The van der Waals surface area contributed by atoms with Crippen LogP contribution in [-0.4, -0.2) is 4.98 Å². The number of aryl methyl sites for hydroxylation is 2. The van der Waals surface area contributed by atoms with Crippen molar-refractivity contribution in [2.75, 3.05) is 0 Å². The third-order valence-electron chi connectivity index (χ3n) is 6.89. The van der Waals surface area contributed by atoms with Crippen molar-refractivity contribution in [3.05, 3.63) is 115 Å². The number of benzene rings is 5. The number of nitrogens with zero attached hydrogens (tertiary/aromatic N) is 1. The van der Waals surface area contributed by atoms with Crippen molar-refractivity contribution in [2.24, 2.45) is 0 Å². The molecular weight excluding hydrogens is 402 g/mol. The number of hydrogen-bond donors (Lipinski definition) is 0. The predicted octanol–water partition coefficient (Wildman–Crippen LogP) is 8.10. The SMILES string of the molecule is c1ccc(-c2c3ccccc3c(Oc3ccc4c5c(cccc35)CC4)c3ccncc23)cc1. The summed E-state index contributed by atoms with van der Waals surface area (Å²) in [7, 11) is 0. The van der Waals surface area contributed by atoms with E-state index in [1.807, 2.05) is 12.4 Å². The van der Waals surface area contributed by atoms with E-state index in [1.165, 1.54) is 38.4 Å². The molecule has 0 radical (unpaired) electrons. The predicted molar refractivity (Wildman–Crippen MR) is 136 cm³/mol. The lowest BCUT2D eigenvalue weighted by Crippen LogP contribution is -1.94. The van der Waals surface area contributed by atoms with Crippen LogP contribution in [-0.2, 0) is 12.8 Å². The number of pyridine rings is 1. The molecule has 2 nitrogen and oxygen atoms in total. The largest absolute Gasteiger partial charge is 0.455 e.